The fourth-order valence-corrected chi connectivity index (χ4v) is 2.02. The van der Waals surface area contributed by atoms with Gasteiger partial charge >= 0.3 is 0 Å². The Balaban J connectivity index is 2.22. The summed E-state index contributed by atoms with van der Waals surface area (Å²) < 4.78 is 5.40. The Kier molecular flexibility index (Phi) is 2.66. The summed E-state index contributed by atoms with van der Waals surface area (Å²) in [7, 11) is 0. The zero-order valence-electron chi connectivity index (χ0n) is 8.12. The number of imide groups is 1. The number of carbonyl (C=O) groups excluding carboxylic acids is 3. The summed E-state index contributed by atoms with van der Waals surface area (Å²) in [5.74, 6) is -0.279. The molecule has 0 radical (unpaired) electrons. The fourth-order valence-electron chi connectivity index (χ4n) is 2.02. The van der Waals surface area contributed by atoms with Crippen molar-refractivity contribution in [1.82, 2.24) is 5.32 Å². The van der Waals surface area contributed by atoms with E-state index in [-0.39, 0.29) is 11.7 Å². The zero-order chi connectivity index (χ0) is 10.8. The molecule has 2 rings (SSSR count). The summed E-state index contributed by atoms with van der Waals surface area (Å²) >= 11 is 0. The predicted molar refractivity (Wildman–Crippen MR) is 49.4 cm³/mol. The molecule has 2 aliphatic heterocycles. The molecule has 2 fully saturated rings. The maximum absolute atomic E-state index is 11.4. The van der Waals surface area contributed by atoms with Gasteiger partial charge in [0.2, 0.25) is 5.91 Å². The van der Waals surface area contributed by atoms with Crippen LogP contribution in [0.4, 0.5) is 0 Å². The summed E-state index contributed by atoms with van der Waals surface area (Å²) in [6.07, 6.45) is 2.27. The van der Waals surface area contributed by atoms with Gasteiger partial charge in [-0.25, -0.2) is 4.79 Å². The molecule has 80 valence electrons. The second-order valence-corrected chi connectivity index (χ2v) is 3.72. The molecule has 0 aromatic rings. The van der Waals surface area contributed by atoms with Crippen LogP contribution in [0.15, 0.2) is 5.57 Å². The monoisotopic (exact) mass is 209 g/mol. The molecule has 0 saturated carbocycles. The first kappa shape index (κ1) is 10.1. The largest absolute Gasteiger partial charge is 0.377 e. The number of nitrogens with one attached hydrogen (secondary N) is 1. The predicted octanol–water partition coefficient (Wildman–Crippen LogP) is -0.414. The van der Waals surface area contributed by atoms with E-state index in [9.17, 15) is 14.4 Å². The third-order valence-electron chi connectivity index (χ3n) is 2.77. The first-order valence-corrected chi connectivity index (χ1v) is 4.96. The van der Waals surface area contributed by atoms with Gasteiger partial charge in [-0.2, -0.15) is 0 Å². The summed E-state index contributed by atoms with van der Waals surface area (Å²) in [6, 6.07) is 0. The van der Waals surface area contributed by atoms with Crippen LogP contribution >= 0.6 is 0 Å². The molecule has 2 heterocycles. The van der Waals surface area contributed by atoms with Gasteiger partial charge in [0.25, 0.3) is 5.91 Å². The summed E-state index contributed by atoms with van der Waals surface area (Å²) in [6.45, 7) is 0.578. The molecular formula is C10H11NO4. The zero-order valence-corrected chi connectivity index (χ0v) is 8.12. The van der Waals surface area contributed by atoms with E-state index in [4.69, 9.17) is 4.74 Å². The van der Waals surface area contributed by atoms with Gasteiger partial charge in [0.15, 0.2) is 0 Å². The van der Waals surface area contributed by atoms with E-state index >= 15 is 0 Å². The van der Waals surface area contributed by atoms with Crippen molar-refractivity contribution in [3.8, 4) is 0 Å². The Morgan fingerprint density at radius 2 is 2.13 bits per heavy atom. The summed E-state index contributed by atoms with van der Waals surface area (Å²) in [4.78, 5) is 33.2. The first-order chi connectivity index (χ1) is 7.24. The van der Waals surface area contributed by atoms with Crippen LogP contribution in [-0.2, 0) is 19.1 Å². The van der Waals surface area contributed by atoms with E-state index in [1.54, 1.807) is 5.94 Å². The molecule has 2 saturated heterocycles. The Hall–Kier alpha value is -1.45. The number of hydrogen-bond acceptors (Lipinski definition) is 4. The average molecular weight is 209 g/mol. The SMILES string of the molecule is O=C=C1C(=O)NC(=O)C1C1CCCCO1. The third-order valence-corrected chi connectivity index (χ3v) is 2.77. The minimum absolute atomic E-state index is 0.119. The van der Waals surface area contributed by atoms with E-state index in [2.05, 4.69) is 5.32 Å². The van der Waals surface area contributed by atoms with Crippen molar-refractivity contribution in [1.29, 1.82) is 0 Å². The number of rotatable bonds is 1. The smallest absolute Gasteiger partial charge is 0.265 e. The number of ether oxygens (including phenoxy) is 1. The lowest BCUT2D eigenvalue weighted by atomic mass is 9.91. The van der Waals surface area contributed by atoms with Crippen LogP contribution < -0.4 is 5.32 Å². The highest BCUT2D eigenvalue weighted by Gasteiger charge is 2.43. The molecule has 5 nitrogen and oxygen atoms in total. The number of hydrogen-bond donors (Lipinski definition) is 1. The maximum atomic E-state index is 11.4. The lowest BCUT2D eigenvalue weighted by Crippen LogP contribution is -2.34. The van der Waals surface area contributed by atoms with E-state index in [1.807, 2.05) is 0 Å². The van der Waals surface area contributed by atoms with Gasteiger partial charge in [-0.05, 0) is 19.3 Å². The van der Waals surface area contributed by atoms with Crippen molar-refractivity contribution in [3.63, 3.8) is 0 Å². The summed E-state index contributed by atoms with van der Waals surface area (Å²) in [5, 5.41) is 2.11. The Morgan fingerprint density at radius 1 is 1.33 bits per heavy atom. The van der Waals surface area contributed by atoms with Gasteiger partial charge in [0.05, 0.1) is 6.10 Å². The molecule has 2 unspecified atom stereocenters. The van der Waals surface area contributed by atoms with Crippen molar-refractivity contribution in [2.24, 2.45) is 5.92 Å². The van der Waals surface area contributed by atoms with Crippen LogP contribution in [0.25, 0.3) is 0 Å². The number of carbonyl (C=O) groups is 2. The molecule has 0 aromatic carbocycles. The van der Waals surface area contributed by atoms with Crippen LogP contribution in [-0.4, -0.2) is 30.5 Å². The normalized spacial score (nSPS) is 31.3. The van der Waals surface area contributed by atoms with E-state index in [0.29, 0.717) is 13.0 Å². The standard InChI is InChI=1S/C10H11NO4/c12-5-6-8(10(14)11-9(6)13)7-3-1-2-4-15-7/h7-8H,1-4H2,(H,11,13,14). The molecule has 0 bridgehead atoms. The molecule has 1 N–H and O–H groups in total. The second kappa shape index (κ2) is 3.96. The highest BCUT2D eigenvalue weighted by molar-refractivity contribution is 6.19. The molecule has 0 spiro atoms. The van der Waals surface area contributed by atoms with Crippen molar-refractivity contribution < 1.29 is 19.1 Å². The van der Waals surface area contributed by atoms with Crippen LogP contribution in [0.1, 0.15) is 19.3 Å². The van der Waals surface area contributed by atoms with Gasteiger partial charge in [-0.3, -0.25) is 14.9 Å². The molecular weight excluding hydrogens is 198 g/mol. The number of amides is 2. The lowest BCUT2D eigenvalue weighted by molar-refractivity contribution is -0.128. The van der Waals surface area contributed by atoms with Gasteiger partial charge in [0.1, 0.15) is 17.4 Å². The Bertz CT molecular complexity index is 350. The van der Waals surface area contributed by atoms with E-state index < -0.39 is 17.7 Å². The lowest BCUT2D eigenvalue weighted by Gasteiger charge is -2.25. The van der Waals surface area contributed by atoms with Crippen molar-refractivity contribution in [2.75, 3.05) is 6.61 Å². The minimum Gasteiger partial charge on any atom is -0.377 e. The highest BCUT2D eigenvalue weighted by Crippen LogP contribution is 2.28. The quantitative estimate of drug-likeness (QED) is 0.362. The van der Waals surface area contributed by atoms with Crippen LogP contribution in [0.3, 0.4) is 0 Å². The molecule has 2 atom stereocenters. The van der Waals surface area contributed by atoms with Gasteiger partial charge in [-0.15, -0.1) is 0 Å². The third kappa shape index (κ3) is 1.71. The van der Waals surface area contributed by atoms with Crippen molar-refractivity contribution >= 4 is 17.8 Å². The minimum atomic E-state index is -0.754. The molecule has 0 aliphatic carbocycles. The van der Waals surface area contributed by atoms with Crippen molar-refractivity contribution in [3.05, 3.63) is 5.57 Å². The van der Waals surface area contributed by atoms with Gasteiger partial charge in [-0.1, -0.05) is 0 Å². The van der Waals surface area contributed by atoms with Crippen LogP contribution in [0.5, 0.6) is 0 Å². The molecule has 2 aliphatic rings. The van der Waals surface area contributed by atoms with Crippen molar-refractivity contribution in [2.45, 2.75) is 25.4 Å². The second-order valence-electron chi connectivity index (χ2n) is 3.72. The van der Waals surface area contributed by atoms with Crippen LogP contribution in [0.2, 0.25) is 0 Å². The molecule has 2 amide bonds. The maximum Gasteiger partial charge on any atom is 0.265 e. The molecule has 5 heteroatoms. The van der Waals surface area contributed by atoms with Crippen LogP contribution in [0, 0.1) is 5.92 Å². The van der Waals surface area contributed by atoms with E-state index in [0.717, 1.165) is 12.8 Å². The van der Waals surface area contributed by atoms with Gasteiger partial charge < -0.3 is 4.74 Å². The Labute approximate surface area is 86.5 Å². The van der Waals surface area contributed by atoms with Gasteiger partial charge in [0, 0.05) is 6.61 Å². The highest BCUT2D eigenvalue weighted by atomic mass is 16.5. The van der Waals surface area contributed by atoms with E-state index in [1.165, 1.54) is 0 Å². The summed E-state index contributed by atoms with van der Waals surface area (Å²) in [5.41, 5.74) is -0.119. The topological polar surface area (TPSA) is 72.5 Å². The molecule has 0 aromatic heterocycles. The Morgan fingerprint density at radius 3 is 2.73 bits per heavy atom. The molecule has 15 heavy (non-hydrogen) atoms. The fraction of sp³-hybridized carbons (Fsp3) is 0.600. The average Bonchev–Trinajstić information content (AvgIpc) is 2.54. The first-order valence-electron chi connectivity index (χ1n) is 4.96.